The van der Waals surface area contributed by atoms with Gasteiger partial charge in [-0.3, -0.25) is 9.59 Å². The van der Waals surface area contributed by atoms with Crippen molar-refractivity contribution < 1.29 is 19.1 Å². The molecule has 0 spiro atoms. The highest BCUT2D eigenvalue weighted by Crippen LogP contribution is 2.33. The van der Waals surface area contributed by atoms with E-state index in [9.17, 15) is 9.59 Å². The number of carbonyl (C=O) groups excluding carboxylic acids is 2. The van der Waals surface area contributed by atoms with Crippen LogP contribution < -0.4 is 9.47 Å². The van der Waals surface area contributed by atoms with E-state index < -0.39 is 0 Å². The van der Waals surface area contributed by atoms with Crippen molar-refractivity contribution in [3.8, 4) is 11.5 Å². The van der Waals surface area contributed by atoms with Gasteiger partial charge in [-0.25, -0.2) is 0 Å². The molecule has 0 heterocycles. The van der Waals surface area contributed by atoms with E-state index in [1.165, 1.54) is 0 Å². The number of ketones is 2. The van der Waals surface area contributed by atoms with Crippen LogP contribution in [0.3, 0.4) is 0 Å². The van der Waals surface area contributed by atoms with E-state index in [1.54, 1.807) is 44.7 Å². The van der Waals surface area contributed by atoms with Gasteiger partial charge in [-0.1, -0.05) is 39.5 Å². The van der Waals surface area contributed by atoms with Crippen LogP contribution in [-0.2, 0) is 0 Å². The molecule has 7 heteroatoms. The molecule has 0 bridgehead atoms. The molecule has 0 aliphatic rings. The van der Waals surface area contributed by atoms with Crippen LogP contribution >= 0.6 is 39.5 Å². The first-order chi connectivity index (χ1) is 19.6. The SMILES string of the molecule is COc1ccc(Sc2cc(C)c(C(=O)CBr)c(C)c2)cc1.COc1ccc(Sc2cc(C)c(C(C)=O)c(C)c2)cc1. The minimum absolute atomic E-state index is 0.126. The molecule has 214 valence electrons. The van der Waals surface area contributed by atoms with E-state index in [0.717, 1.165) is 64.5 Å². The van der Waals surface area contributed by atoms with Crippen LogP contribution in [0, 0.1) is 27.7 Å². The van der Waals surface area contributed by atoms with Gasteiger partial charge in [-0.2, -0.15) is 0 Å². The molecular weight excluding hydrogens is 616 g/mol. The Labute approximate surface area is 260 Å². The molecule has 0 aliphatic heterocycles. The van der Waals surface area contributed by atoms with E-state index in [-0.39, 0.29) is 11.6 Å². The lowest BCUT2D eigenvalue weighted by Crippen LogP contribution is -2.05. The predicted molar refractivity (Wildman–Crippen MR) is 174 cm³/mol. The number of rotatable bonds is 9. The van der Waals surface area contributed by atoms with E-state index in [4.69, 9.17) is 9.47 Å². The number of methoxy groups -OCH3 is 2. The third kappa shape index (κ3) is 8.99. The maximum atomic E-state index is 11.9. The van der Waals surface area contributed by atoms with Gasteiger partial charge in [0.1, 0.15) is 11.5 Å². The molecule has 0 fully saturated rings. The number of hydrogen-bond acceptors (Lipinski definition) is 6. The highest BCUT2D eigenvalue weighted by molar-refractivity contribution is 9.09. The number of alkyl halides is 1. The average molecular weight is 652 g/mol. The van der Waals surface area contributed by atoms with Gasteiger partial charge in [-0.05, 0) is 130 Å². The Kier molecular flexibility index (Phi) is 12.1. The molecule has 4 nitrogen and oxygen atoms in total. The normalized spacial score (nSPS) is 10.4. The fourth-order valence-electron chi connectivity index (χ4n) is 4.59. The zero-order chi connectivity index (χ0) is 30.1. The summed E-state index contributed by atoms with van der Waals surface area (Å²) in [5.74, 6) is 1.96. The Balaban J connectivity index is 0.000000226. The van der Waals surface area contributed by atoms with Crippen molar-refractivity contribution in [3.05, 3.63) is 106 Å². The van der Waals surface area contributed by atoms with E-state index in [1.807, 2.05) is 76.2 Å². The lowest BCUT2D eigenvalue weighted by atomic mass is 10.00. The predicted octanol–water partition coefficient (Wildman–Crippen LogP) is 9.71. The lowest BCUT2D eigenvalue weighted by molar-refractivity contribution is 0.101. The van der Waals surface area contributed by atoms with E-state index in [2.05, 4.69) is 40.2 Å². The molecule has 0 saturated heterocycles. The minimum Gasteiger partial charge on any atom is -0.497 e. The van der Waals surface area contributed by atoms with Crippen molar-refractivity contribution in [2.24, 2.45) is 0 Å². The zero-order valence-electron chi connectivity index (χ0n) is 24.5. The number of Topliss-reactive ketones (excluding diaryl/α,β-unsaturated/α-hetero) is 2. The number of carbonyl (C=O) groups is 2. The second-order valence-electron chi connectivity index (χ2n) is 9.53. The number of ether oxygens (including phenoxy) is 2. The maximum Gasteiger partial charge on any atom is 0.173 e. The second-order valence-corrected chi connectivity index (χ2v) is 12.4. The van der Waals surface area contributed by atoms with Gasteiger partial charge in [-0.15, -0.1) is 0 Å². The van der Waals surface area contributed by atoms with Crippen molar-refractivity contribution in [2.45, 2.75) is 54.2 Å². The molecule has 0 N–H and O–H groups in total. The molecule has 0 aromatic heterocycles. The molecule has 0 amide bonds. The molecule has 0 radical (unpaired) electrons. The fraction of sp³-hybridized carbons (Fsp3) is 0.235. The Morgan fingerprint density at radius 2 is 0.951 bits per heavy atom. The topological polar surface area (TPSA) is 52.6 Å². The van der Waals surface area contributed by atoms with Gasteiger partial charge in [0, 0.05) is 30.7 Å². The summed E-state index contributed by atoms with van der Waals surface area (Å²) in [7, 11) is 3.32. The van der Waals surface area contributed by atoms with Gasteiger partial charge in [0.05, 0.1) is 19.5 Å². The van der Waals surface area contributed by atoms with Crippen LogP contribution in [-0.4, -0.2) is 31.1 Å². The molecule has 0 atom stereocenters. The van der Waals surface area contributed by atoms with Gasteiger partial charge >= 0.3 is 0 Å². The van der Waals surface area contributed by atoms with Crippen molar-refractivity contribution in [1.29, 1.82) is 0 Å². The third-order valence-electron chi connectivity index (χ3n) is 6.35. The summed E-state index contributed by atoms with van der Waals surface area (Å²) in [6.45, 7) is 9.57. The Bertz CT molecular complexity index is 1470. The quantitative estimate of drug-likeness (QED) is 0.133. The van der Waals surface area contributed by atoms with Gasteiger partial charge in [0.2, 0.25) is 0 Å². The molecule has 4 aromatic rings. The van der Waals surface area contributed by atoms with Crippen molar-refractivity contribution in [3.63, 3.8) is 0 Å². The van der Waals surface area contributed by atoms with E-state index >= 15 is 0 Å². The van der Waals surface area contributed by atoms with Crippen LogP contribution in [0.25, 0.3) is 0 Å². The average Bonchev–Trinajstić information content (AvgIpc) is 2.93. The molecule has 0 aliphatic carbocycles. The second kappa shape index (κ2) is 15.3. The van der Waals surface area contributed by atoms with Crippen molar-refractivity contribution in [2.75, 3.05) is 19.5 Å². The van der Waals surface area contributed by atoms with Crippen molar-refractivity contribution in [1.82, 2.24) is 0 Å². The summed E-state index contributed by atoms with van der Waals surface area (Å²) < 4.78 is 10.3. The highest BCUT2D eigenvalue weighted by atomic mass is 79.9. The summed E-state index contributed by atoms with van der Waals surface area (Å²) in [6, 6.07) is 24.2. The Hall–Kier alpha value is -3.00. The minimum atomic E-state index is 0.126. The lowest BCUT2D eigenvalue weighted by Gasteiger charge is -2.11. The summed E-state index contributed by atoms with van der Waals surface area (Å²) in [5.41, 5.74) is 5.78. The van der Waals surface area contributed by atoms with Crippen molar-refractivity contribution >= 4 is 51.0 Å². The van der Waals surface area contributed by atoms with Gasteiger partial charge in [0.15, 0.2) is 11.6 Å². The number of aryl methyl sites for hydroxylation is 4. The van der Waals surface area contributed by atoms with Crippen LogP contribution in [0.5, 0.6) is 11.5 Å². The number of halogens is 1. The molecular formula is C34H35BrO4S2. The van der Waals surface area contributed by atoms with E-state index in [0.29, 0.717) is 5.33 Å². The summed E-state index contributed by atoms with van der Waals surface area (Å²) in [5, 5.41) is 0.361. The molecule has 4 rings (SSSR count). The van der Waals surface area contributed by atoms with Crippen LogP contribution in [0.15, 0.2) is 92.4 Å². The molecule has 0 unspecified atom stereocenters. The smallest absolute Gasteiger partial charge is 0.173 e. The summed E-state index contributed by atoms with van der Waals surface area (Å²) in [4.78, 5) is 28.1. The zero-order valence-corrected chi connectivity index (χ0v) is 27.7. The van der Waals surface area contributed by atoms with Crippen LogP contribution in [0.2, 0.25) is 0 Å². The number of hydrogen-bond donors (Lipinski definition) is 0. The Morgan fingerprint density at radius 3 is 1.24 bits per heavy atom. The third-order valence-corrected chi connectivity index (χ3v) is 8.82. The molecule has 0 saturated carbocycles. The first-order valence-electron chi connectivity index (χ1n) is 13.0. The summed E-state index contributed by atoms with van der Waals surface area (Å²) >= 11 is 6.61. The van der Waals surface area contributed by atoms with Gasteiger partial charge in [0.25, 0.3) is 0 Å². The first kappa shape index (κ1) is 32.5. The standard InChI is InChI=1S/C17H17BrO2S.C17H18O2S/c1-11-8-15(9-12(2)17(11)16(19)10-18)21-14-6-4-13(20-3)5-7-14;1-11-9-16(10-12(2)17(11)13(3)18)20-15-7-5-14(19-4)6-8-15/h4-9H,10H2,1-3H3;5-10H,1-4H3. The Morgan fingerprint density at radius 1 is 0.610 bits per heavy atom. The van der Waals surface area contributed by atoms with Crippen LogP contribution in [0.1, 0.15) is 49.9 Å². The van der Waals surface area contributed by atoms with Crippen LogP contribution in [0.4, 0.5) is 0 Å². The monoisotopic (exact) mass is 650 g/mol. The van der Waals surface area contributed by atoms with Gasteiger partial charge < -0.3 is 9.47 Å². The largest absolute Gasteiger partial charge is 0.497 e. The number of benzene rings is 4. The fourth-order valence-corrected chi connectivity index (χ4v) is 6.90. The highest BCUT2D eigenvalue weighted by Gasteiger charge is 2.13. The summed E-state index contributed by atoms with van der Waals surface area (Å²) in [6.07, 6.45) is 0. The first-order valence-corrected chi connectivity index (χ1v) is 15.8. The molecule has 4 aromatic carbocycles. The maximum absolute atomic E-state index is 11.9. The molecule has 41 heavy (non-hydrogen) atoms.